The predicted octanol–water partition coefficient (Wildman–Crippen LogP) is 4.69. The van der Waals surface area contributed by atoms with E-state index in [0.717, 1.165) is 22.5 Å². The van der Waals surface area contributed by atoms with Gasteiger partial charge in [-0.2, -0.15) is 5.10 Å². The second-order valence-electron chi connectivity index (χ2n) is 5.32. The van der Waals surface area contributed by atoms with Crippen molar-refractivity contribution in [1.82, 2.24) is 15.1 Å². The van der Waals surface area contributed by atoms with Gasteiger partial charge in [0.25, 0.3) is 0 Å². The van der Waals surface area contributed by atoms with Crippen LogP contribution in [0.3, 0.4) is 0 Å². The number of hydrogen-bond acceptors (Lipinski definition) is 3. The highest BCUT2D eigenvalue weighted by molar-refractivity contribution is 9.10. The molecule has 114 valence electrons. The molecular formula is C16H22BrN3O. The van der Waals surface area contributed by atoms with Crippen LogP contribution in [0.2, 0.25) is 0 Å². The van der Waals surface area contributed by atoms with E-state index in [4.69, 9.17) is 4.74 Å². The summed E-state index contributed by atoms with van der Waals surface area (Å²) in [6.45, 7) is 9.38. The van der Waals surface area contributed by atoms with Crippen LogP contribution in [-0.4, -0.2) is 16.3 Å². The smallest absolute Gasteiger partial charge is 0.165 e. The first-order chi connectivity index (χ1) is 10.0. The molecule has 4 nitrogen and oxygen atoms in total. The van der Waals surface area contributed by atoms with Gasteiger partial charge in [-0.1, -0.05) is 13.0 Å². The largest absolute Gasteiger partial charge is 0.453 e. The number of rotatable bonds is 6. The Morgan fingerprint density at radius 1 is 1.33 bits per heavy atom. The molecule has 2 aromatic rings. The molecule has 0 aliphatic heterocycles. The second-order valence-corrected chi connectivity index (χ2v) is 6.18. The highest BCUT2D eigenvalue weighted by atomic mass is 79.9. The maximum absolute atomic E-state index is 5.88. The number of hydrogen-bond donors (Lipinski definition) is 1. The van der Waals surface area contributed by atoms with E-state index >= 15 is 0 Å². The Balaban J connectivity index is 2.13. The molecule has 1 N–H and O–H groups in total. The summed E-state index contributed by atoms with van der Waals surface area (Å²) >= 11 is 3.58. The van der Waals surface area contributed by atoms with Gasteiger partial charge in [0.05, 0.1) is 16.9 Å². The zero-order valence-electron chi connectivity index (χ0n) is 12.9. The minimum absolute atomic E-state index is 0.323. The topological polar surface area (TPSA) is 39.1 Å². The number of halogens is 1. The molecule has 5 heteroatoms. The highest BCUT2D eigenvalue weighted by Crippen LogP contribution is 2.32. The fourth-order valence-corrected chi connectivity index (χ4v) is 2.55. The Hall–Kier alpha value is -1.33. The van der Waals surface area contributed by atoms with Gasteiger partial charge in [-0.25, -0.2) is 0 Å². The zero-order chi connectivity index (χ0) is 15.4. The summed E-state index contributed by atoms with van der Waals surface area (Å²) in [4.78, 5) is 0. The van der Waals surface area contributed by atoms with Gasteiger partial charge >= 0.3 is 0 Å². The molecule has 0 radical (unpaired) electrons. The van der Waals surface area contributed by atoms with E-state index in [9.17, 15) is 0 Å². The molecule has 2 rings (SSSR count). The van der Waals surface area contributed by atoms with Crippen molar-refractivity contribution in [3.05, 3.63) is 40.6 Å². The Labute approximate surface area is 134 Å². The third-order valence-electron chi connectivity index (χ3n) is 3.30. The molecule has 0 saturated heterocycles. The van der Waals surface area contributed by atoms with Gasteiger partial charge in [0, 0.05) is 12.1 Å². The molecule has 1 aromatic heterocycles. The Kier molecular flexibility index (Phi) is 5.42. The Morgan fingerprint density at radius 2 is 2.10 bits per heavy atom. The van der Waals surface area contributed by atoms with Crippen LogP contribution >= 0.6 is 15.9 Å². The van der Waals surface area contributed by atoms with Crippen LogP contribution in [0.4, 0.5) is 0 Å². The first-order valence-electron chi connectivity index (χ1n) is 7.26. The summed E-state index contributed by atoms with van der Waals surface area (Å²) in [7, 11) is 0. The molecule has 0 spiro atoms. The fourth-order valence-electron chi connectivity index (χ4n) is 2.08. The third-order valence-corrected chi connectivity index (χ3v) is 3.92. The standard InChI is InChI=1S/C16H22BrN3O/c1-5-18-12(4)13-6-7-16(15(17)8-13)21-14-9-19-20(10-14)11(2)3/h6-12,18H,5H2,1-4H3. The van der Waals surface area contributed by atoms with Crippen molar-refractivity contribution in [3.8, 4) is 11.5 Å². The summed E-state index contributed by atoms with van der Waals surface area (Å²) in [6, 6.07) is 6.81. The van der Waals surface area contributed by atoms with Crippen molar-refractivity contribution >= 4 is 15.9 Å². The second kappa shape index (κ2) is 7.09. The fraction of sp³-hybridized carbons (Fsp3) is 0.438. The zero-order valence-corrected chi connectivity index (χ0v) is 14.5. The van der Waals surface area contributed by atoms with Gasteiger partial charge in [-0.3, -0.25) is 4.68 Å². The summed E-state index contributed by atoms with van der Waals surface area (Å²) in [5.41, 5.74) is 1.23. The summed E-state index contributed by atoms with van der Waals surface area (Å²) in [6.07, 6.45) is 3.65. The molecule has 0 bridgehead atoms. The lowest BCUT2D eigenvalue weighted by atomic mass is 10.1. The molecule has 1 aromatic carbocycles. The lowest BCUT2D eigenvalue weighted by molar-refractivity contribution is 0.473. The molecule has 0 fully saturated rings. The molecule has 0 saturated carbocycles. The van der Waals surface area contributed by atoms with Crippen LogP contribution in [0.25, 0.3) is 0 Å². The molecular weight excluding hydrogens is 330 g/mol. The van der Waals surface area contributed by atoms with Crippen molar-refractivity contribution in [1.29, 1.82) is 0 Å². The lowest BCUT2D eigenvalue weighted by Crippen LogP contribution is -2.17. The SMILES string of the molecule is CCNC(C)c1ccc(Oc2cnn(C(C)C)c2)c(Br)c1. The molecule has 1 atom stereocenters. The van der Waals surface area contributed by atoms with E-state index in [0.29, 0.717) is 12.1 Å². The number of aromatic nitrogens is 2. The van der Waals surface area contributed by atoms with Crippen LogP contribution in [0.1, 0.15) is 45.3 Å². The predicted molar refractivity (Wildman–Crippen MR) is 88.9 cm³/mol. The molecule has 0 aliphatic carbocycles. The minimum atomic E-state index is 0.323. The van der Waals surface area contributed by atoms with E-state index in [1.165, 1.54) is 5.56 Å². The van der Waals surface area contributed by atoms with Gasteiger partial charge in [0.2, 0.25) is 0 Å². The van der Waals surface area contributed by atoms with Gasteiger partial charge in [-0.15, -0.1) is 0 Å². The number of ether oxygens (including phenoxy) is 1. The first kappa shape index (κ1) is 16.0. The molecule has 0 amide bonds. The molecule has 1 unspecified atom stereocenters. The molecule has 21 heavy (non-hydrogen) atoms. The van der Waals surface area contributed by atoms with Gasteiger partial charge in [0.15, 0.2) is 5.75 Å². The van der Waals surface area contributed by atoms with Crippen LogP contribution < -0.4 is 10.1 Å². The van der Waals surface area contributed by atoms with E-state index in [2.05, 4.69) is 66.2 Å². The highest BCUT2D eigenvalue weighted by Gasteiger charge is 2.10. The Morgan fingerprint density at radius 3 is 2.67 bits per heavy atom. The van der Waals surface area contributed by atoms with Crippen molar-refractivity contribution in [2.45, 2.75) is 39.8 Å². The summed E-state index contributed by atoms with van der Waals surface area (Å²) < 4.78 is 8.71. The maximum atomic E-state index is 5.88. The summed E-state index contributed by atoms with van der Waals surface area (Å²) in [5, 5.41) is 7.68. The van der Waals surface area contributed by atoms with Crippen LogP contribution in [0.5, 0.6) is 11.5 Å². The minimum Gasteiger partial charge on any atom is -0.453 e. The van der Waals surface area contributed by atoms with E-state index in [1.807, 2.05) is 16.9 Å². The average Bonchev–Trinajstić information content (AvgIpc) is 2.90. The molecule has 0 aliphatic rings. The third kappa shape index (κ3) is 4.08. The maximum Gasteiger partial charge on any atom is 0.165 e. The van der Waals surface area contributed by atoms with Crippen molar-refractivity contribution in [2.24, 2.45) is 0 Å². The lowest BCUT2D eigenvalue weighted by Gasteiger charge is -2.14. The van der Waals surface area contributed by atoms with Gasteiger partial charge in [0.1, 0.15) is 5.75 Å². The van der Waals surface area contributed by atoms with Crippen LogP contribution in [0.15, 0.2) is 35.1 Å². The normalized spacial score (nSPS) is 12.7. The van der Waals surface area contributed by atoms with Crippen LogP contribution in [0, 0.1) is 0 Å². The average molecular weight is 352 g/mol. The Bertz CT molecular complexity index is 595. The van der Waals surface area contributed by atoms with Crippen molar-refractivity contribution in [2.75, 3.05) is 6.54 Å². The van der Waals surface area contributed by atoms with Gasteiger partial charge < -0.3 is 10.1 Å². The number of nitrogens with zero attached hydrogens (tertiary/aromatic N) is 2. The molecule has 1 heterocycles. The first-order valence-corrected chi connectivity index (χ1v) is 8.05. The monoisotopic (exact) mass is 351 g/mol. The number of nitrogens with one attached hydrogen (secondary N) is 1. The summed E-state index contributed by atoms with van der Waals surface area (Å²) in [5.74, 6) is 1.54. The number of benzene rings is 1. The van der Waals surface area contributed by atoms with E-state index in [-0.39, 0.29) is 0 Å². The van der Waals surface area contributed by atoms with Crippen molar-refractivity contribution < 1.29 is 4.74 Å². The van der Waals surface area contributed by atoms with E-state index in [1.54, 1.807) is 6.20 Å². The van der Waals surface area contributed by atoms with Crippen LogP contribution in [-0.2, 0) is 0 Å². The van der Waals surface area contributed by atoms with Gasteiger partial charge in [-0.05, 0) is 60.9 Å². The van der Waals surface area contributed by atoms with E-state index < -0.39 is 0 Å². The quantitative estimate of drug-likeness (QED) is 0.820. The van der Waals surface area contributed by atoms with Crippen molar-refractivity contribution in [3.63, 3.8) is 0 Å².